The van der Waals surface area contributed by atoms with Gasteiger partial charge in [-0.2, -0.15) is 10.1 Å². The van der Waals surface area contributed by atoms with Crippen LogP contribution in [0.1, 0.15) is 13.8 Å². The van der Waals surface area contributed by atoms with E-state index in [1.807, 2.05) is 30.3 Å². The summed E-state index contributed by atoms with van der Waals surface area (Å²) in [6.07, 6.45) is 0. The third kappa shape index (κ3) is 3.34. The van der Waals surface area contributed by atoms with Crippen LogP contribution in [0.15, 0.2) is 70.1 Å². The van der Waals surface area contributed by atoms with Crippen molar-refractivity contribution < 1.29 is 12.9 Å². The maximum absolute atomic E-state index is 12.2. The van der Waals surface area contributed by atoms with Crippen molar-refractivity contribution in [3.05, 3.63) is 60.7 Å². The number of H-pyrrole nitrogens is 1. The van der Waals surface area contributed by atoms with Crippen LogP contribution < -0.4 is 0 Å². The first kappa shape index (κ1) is 18.1. The van der Waals surface area contributed by atoms with E-state index in [0.717, 1.165) is 11.1 Å². The third-order valence-corrected chi connectivity index (χ3v) is 6.54. The van der Waals surface area contributed by atoms with Crippen LogP contribution in [0, 0.1) is 0 Å². The molecule has 0 aliphatic rings. The van der Waals surface area contributed by atoms with Crippen LogP contribution in [0.3, 0.4) is 0 Å². The van der Waals surface area contributed by atoms with Gasteiger partial charge >= 0.3 is 0 Å². The van der Waals surface area contributed by atoms with E-state index in [1.54, 1.807) is 44.2 Å². The highest BCUT2D eigenvalue weighted by Gasteiger charge is 2.19. The zero-order valence-electron chi connectivity index (χ0n) is 15.3. The normalized spacial score (nSPS) is 11.8. The Morgan fingerprint density at radius 3 is 2.36 bits per heavy atom. The molecule has 0 amide bonds. The first-order chi connectivity index (χ1) is 13.4. The van der Waals surface area contributed by atoms with Crippen molar-refractivity contribution in [1.29, 1.82) is 0 Å². The predicted octanol–water partition coefficient (Wildman–Crippen LogP) is 3.98. The Hall–Kier alpha value is -3.26. The molecule has 0 unspecified atom stereocenters. The molecule has 2 aromatic carbocycles. The lowest BCUT2D eigenvalue weighted by Gasteiger charge is -2.07. The summed E-state index contributed by atoms with van der Waals surface area (Å²) in [5, 5.41) is 10.7. The Kier molecular flexibility index (Phi) is 4.56. The summed E-state index contributed by atoms with van der Waals surface area (Å²) in [7, 11) is -3.30. The van der Waals surface area contributed by atoms with Crippen molar-refractivity contribution in [3.63, 3.8) is 0 Å². The SMILES string of the molecule is CC(C)S(=O)(=O)c1ccc(-c2cc(-c3nc(-c4ccccc4)no3)[nH]n2)cc1. The predicted molar refractivity (Wildman–Crippen MR) is 105 cm³/mol. The number of benzene rings is 2. The minimum Gasteiger partial charge on any atom is -0.332 e. The molecule has 4 aromatic rings. The number of nitrogens with zero attached hydrogens (tertiary/aromatic N) is 3. The molecule has 4 rings (SSSR count). The summed E-state index contributed by atoms with van der Waals surface area (Å²) in [5.41, 5.74) is 2.89. The molecular weight excluding hydrogens is 376 g/mol. The lowest BCUT2D eigenvalue weighted by Crippen LogP contribution is -2.13. The van der Waals surface area contributed by atoms with Crippen molar-refractivity contribution in [1.82, 2.24) is 20.3 Å². The number of hydrogen-bond acceptors (Lipinski definition) is 6. The van der Waals surface area contributed by atoms with E-state index < -0.39 is 15.1 Å². The fraction of sp³-hybridized carbons (Fsp3) is 0.150. The Morgan fingerprint density at radius 1 is 0.964 bits per heavy atom. The van der Waals surface area contributed by atoms with Crippen LogP contribution in [-0.2, 0) is 9.84 Å². The molecule has 142 valence electrons. The van der Waals surface area contributed by atoms with Crippen LogP contribution in [-0.4, -0.2) is 34.0 Å². The minimum absolute atomic E-state index is 0.298. The first-order valence-electron chi connectivity index (χ1n) is 8.74. The molecule has 1 N–H and O–H groups in total. The van der Waals surface area contributed by atoms with Gasteiger partial charge in [0.15, 0.2) is 9.84 Å². The van der Waals surface area contributed by atoms with Gasteiger partial charge in [0.1, 0.15) is 5.69 Å². The van der Waals surface area contributed by atoms with Gasteiger partial charge in [0.05, 0.1) is 15.8 Å². The molecule has 2 heterocycles. The monoisotopic (exact) mass is 394 g/mol. The number of rotatable bonds is 5. The van der Waals surface area contributed by atoms with Gasteiger partial charge in [-0.15, -0.1) is 0 Å². The van der Waals surface area contributed by atoms with E-state index in [2.05, 4.69) is 20.3 Å². The number of aromatic amines is 1. The topological polar surface area (TPSA) is 102 Å². The van der Waals surface area contributed by atoms with E-state index >= 15 is 0 Å². The average Bonchev–Trinajstić information content (AvgIpc) is 3.38. The van der Waals surface area contributed by atoms with Gasteiger partial charge in [-0.3, -0.25) is 5.10 Å². The van der Waals surface area contributed by atoms with E-state index in [4.69, 9.17) is 4.52 Å². The molecule has 0 bridgehead atoms. The summed E-state index contributed by atoms with van der Waals surface area (Å²) in [6, 6.07) is 18.0. The highest BCUT2D eigenvalue weighted by atomic mass is 32.2. The van der Waals surface area contributed by atoms with Crippen molar-refractivity contribution in [2.45, 2.75) is 24.0 Å². The molecule has 0 saturated heterocycles. The molecular formula is C20H18N4O3S. The molecule has 0 atom stereocenters. The summed E-state index contributed by atoms with van der Waals surface area (Å²) >= 11 is 0. The van der Waals surface area contributed by atoms with Gasteiger partial charge in [-0.05, 0) is 32.0 Å². The van der Waals surface area contributed by atoms with Gasteiger partial charge in [0.2, 0.25) is 5.82 Å². The Labute approximate surface area is 162 Å². The summed E-state index contributed by atoms with van der Waals surface area (Å²) in [6.45, 7) is 3.33. The van der Waals surface area contributed by atoms with Crippen LogP contribution in [0.4, 0.5) is 0 Å². The largest absolute Gasteiger partial charge is 0.332 e. The number of aromatic nitrogens is 4. The second kappa shape index (κ2) is 7.05. The molecule has 0 fully saturated rings. The molecule has 7 nitrogen and oxygen atoms in total. The van der Waals surface area contributed by atoms with Crippen molar-refractivity contribution in [2.24, 2.45) is 0 Å². The van der Waals surface area contributed by atoms with Crippen molar-refractivity contribution >= 4 is 9.84 Å². The number of sulfone groups is 1. The van der Waals surface area contributed by atoms with Gasteiger partial charge in [-0.1, -0.05) is 47.6 Å². The van der Waals surface area contributed by atoms with E-state index in [0.29, 0.717) is 28.0 Å². The average molecular weight is 394 g/mol. The van der Waals surface area contributed by atoms with E-state index in [1.165, 1.54) is 0 Å². The molecule has 0 aliphatic heterocycles. The molecule has 8 heteroatoms. The molecule has 0 spiro atoms. The maximum atomic E-state index is 12.2. The standard InChI is InChI=1S/C20H18N4O3S/c1-13(2)28(25,26)16-10-8-14(9-11-16)17-12-18(23-22-17)20-21-19(24-27-20)15-6-4-3-5-7-15/h3-13H,1-2H3,(H,22,23). The first-order valence-corrected chi connectivity index (χ1v) is 10.3. The molecule has 2 aromatic heterocycles. The Morgan fingerprint density at radius 2 is 1.68 bits per heavy atom. The molecule has 0 saturated carbocycles. The highest BCUT2D eigenvalue weighted by molar-refractivity contribution is 7.92. The van der Waals surface area contributed by atoms with Crippen molar-refractivity contribution in [2.75, 3.05) is 0 Å². The zero-order chi connectivity index (χ0) is 19.7. The van der Waals surface area contributed by atoms with Crippen molar-refractivity contribution in [3.8, 4) is 34.2 Å². The second-order valence-electron chi connectivity index (χ2n) is 6.57. The zero-order valence-corrected chi connectivity index (χ0v) is 16.1. The Bertz CT molecular complexity index is 1190. The van der Waals surface area contributed by atoms with Gasteiger partial charge in [0.25, 0.3) is 5.89 Å². The van der Waals surface area contributed by atoms with Crippen LogP contribution >= 0.6 is 0 Å². The minimum atomic E-state index is -3.30. The van der Waals surface area contributed by atoms with E-state index in [-0.39, 0.29) is 0 Å². The van der Waals surface area contributed by atoms with E-state index in [9.17, 15) is 8.42 Å². The molecule has 28 heavy (non-hydrogen) atoms. The van der Waals surface area contributed by atoms with Gasteiger partial charge < -0.3 is 4.52 Å². The second-order valence-corrected chi connectivity index (χ2v) is 9.08. The van der Waals surface area contributed by atoms with Gasteiger partial charge in [-0.25, -0.2) is 8.42 Å². The smallest absolute Gasteiger partial charge is 0.276 e. The van der Waals surface area contributed by atoms with Crippen LogP contribution in [0.2, 0.25) is 0 Å². The van der Waals surface area contributed by atoms with Crippen LogP contribution in [0.25, 0.3) is 34.2 Å². The van der Waals surface area contributed by atoms with Gasteiger partial charge in [0, 0.05) is 11.1 Å². The fourth-order valence-electron chi connectivity index (χ4n) is 2.70. The highest BCUT2D eigenvalue weighted by Crippen LogP contribution is 2.26. The van der Waals surface area contributed by atoms with Crippen LogP contribution in [0.5, 0.6) is 0 Å². The quantitative estimate of drug-likeness (QED) is 0.549. The fourth-order valence-corrected chi connectivity index (χ4v) is 3.76. The third-order valence-electron chi connectivity index (χ3n) is 4.37. The molecule has 0 aliphatic carbocycles. The molecule has 0 radical (unpaired) electrons. The summed E-state index contributed by atoms with van der Waals surface area (Å²) in [5.74, 6) is 0.826. The summed E-state index contributed by atoms with van der Waals surface area (Å²) in [4.78, 5) is 4.69. The Balaban J connectivity index is 1.59. The lowest BCUT2D eigenvalue weighted by atomic mass is 10.1. The summed E-state index contributed by atoms with van der Waals surface area (Å²) < 4.78 is 29.8. The lowest BCUT2D eigenvalue weighted by molar-refractivity contribution is 0.431. The number of nitrogens with one attached hydrogen (secondary N) is 1. The number of hydrogen-bond donors (Lipinski definition) is 1. The maximum Gasteiger partial charge on any atom is 0.276 e.